The summed E-state index contributed by atoms with van der Waals surface area (Å²) < 4.78 is 1.13. The van der Waals surface area contributed by atoms with E-state index in [-0.39, 0.29) is 5.91 Å². The van der Waals surface area contributed by atoms with Crippen LogP contribution in [0.15, 0.2) is 42.6 Å². The summed E-state index contributed by atoms with van der Waals surface area (Å²) in [5, 5.41) is 5.95. The average Bonchev–Trinajstić information content (AvgIpc) is 2.42. The number of benzene rings is 1. The first kappa shape index (κ1) is 13.8. The Hall–Kier alpha value is -1.63. The van der Waals surface area contributed by atoms with Crippen molar-refractivity contribution in [1.29, 1.82) is 0 Å². The summed E-state index contributed by atoms with van der Waals surface area (Å²) in [4.78, 5) is 16.1. The van der Waals surface area contributed by atoms with Crippen LogP contribution in [-0.4, -0.2) is 17.4 Å². The number of rotatable bonds is 4. The van der Waals surface area contributed by atoms with Gasteiger partial charge in [-0.3, -0.25) is 4.79 Å². The van der Waals surface area contributed by atoms with E-state index in [2.05, 4.69) is 38.2 Å². The van der Waals surface area contributed by atoms with Crippen LogP contribution in [0.1, 0.15) is 17.4 Å². The highest BCUT2D eigenvalue weighted by atomic mass is 127. The van der Waals surface area contributed by atoms with Crippen molar-refractivity contribution in [2.24, 2.45) is 0 Å². The molecular weight excluding hydrogens is 353 g/mol. The molecule has 1 amide bonds. The molecule has 0 atom stereocenters. The van der Waals surface area contributed by atoms with Gasteiger partial charge >= 0.3 is 0 Å². The summed E-state index contributed by atoms with van der Waals surface area (Å²) in [6.07, 6.45) is 1.66. The van der Waals surface area contributed by atoms with Crippen LogP contribution in [0.4, 0.5) is 11.4 Å². The van der Waals surface area contributed by atoms with Gasteiger partial charge in [-0.1, -0.05) is 0 Å². The molecular formula is C14H14IN3O. The summed E-state index contributed by atoms with van der Waals surface area (Å²) in [6.45, 7) is 2.84. The minimum absolute atomic E-state index is 0.204. The van der Waals surface area contributed by atoms with Gasteiger partial charge in [0, 0.05) is 15.8 Å². The number of nitrogens with zero attached hydrogens (tertiary/aromatic N) is 1. The zero-order valence-electron chi connectivity index (χ0n) is 10.5. The van der Waals surface area contributed by atoms with Gasteiger partial charge in [0.1, 0.15) is 5.69 Å². The van der Waals surface area contributed by atoms with E-state index in [0.29, 0.717) is 5.69 Å². The Morgan fingerprint density at radius 3 is 2.42 bits per heavy atom. The molecule has 2 aromatic rings. The fraction of sp³-hybridized carbons (Fsp3) is 0.143. The highest BCUT2D eigenvalue weighted by Gasteiger charge is 2.07. The summed E-state index contributed by atoms with van der Waals surface area (Å²) >= 11 is 2.22. The lowest BCUT2D eigenvalue weighted by atomic mass is 10.3. The predicted octanol–water partition coefficient (Wildman–Crippen LogP) is 3.37. The zero-order chi connectivity index (χ0) is 13.7. The van der Waals surface area contributed by atoms with Crippen molar-refractivity contribution < 1.29 is 4.79 Å². The third-order valence-corrected chi connectivity index (χ3v) is 3.20. The van der Waals surface area contributed by atoms with Gasteiger partial charge in [0.25, 0.3) is 5.91 Å². The third-order valence-electron chi connectivity index (χ3n) is 2.48. The van der Waals surface area contributed by atoms with Gasteiger partial charge in [0.05, 0.1) is 11.9 Å². The number of pyridine rings is 1. The van der Waals surface area contributed by atoms with Crippen LogP contribution in [0.3, 0.4) is 0 Å². The normalized spacial score (nSPS) is 10.0. The van der Waals surface area contributed by atoms with Crippen LogP contribution >= 0.6 is 22.6 Å². The van der Waals surface area contributed by atoms with E-state index >= 15 is 0 Å². The fourth-order valence-corrected chi connectivity index (χ4v) is 1.92. The van der Waals surface area contributed by atoms with Gasteiger partial charge in [0.2, 0.25) is 0 Å². The third kappa shape index (κ3) is 3.92. The van der Waals surface area contributed by atoms with Crippen LogP contribution in [0, 0.1) is 3.57 Å². The van der Waals surface area contributed by atoms with Gasteiger partial charge in [0.15, 0.2) is 0 Å². The number of carbonyl (C=O) groups excluding carboxylic acids is 1. The molecule has 1 aromatic heterocycles. The fourth-order valence-electron chi connectivity index (χ4n) is 1.57. The van der Waals surface area contributed by atoms with Gasteiger partial charge in [-0.05, 0) is 65.9 Å². The molecule has 0 spiro atoms. The van der Waals surface area contributed by atoms with E-state index in [1.54, 1.807) is 12.3 Å². The molecule has 19 heavy (non-hydrogen) atoms. The van der Waals surface area contributed by atoms with Crippen molar-refractivity contribution >= 4 is 39.9 Å². The van der Waals surface area contributed by atoms with E-state index < -0.39 is 0 Å². The lowest BCUT2D eigenvalue weighted by molar-refractivity contribution is 0.102. The molecule has 2 N–H and O–H groups in total. The zero-order valence-corrected chi connectivity index (χ0v) is 12.6. The van der Waals surface area contributed by atoms with Crippen LogP contribution in [0.5, 0.6) is 0 Å². The Labute approximate surface area is 125 Å². The van der Waals surface area contributed by atoms with Gasteiger partial charge in [-0.15, -0.1) is 0 Å². The molecule has 0 fully saturated rings. The summed E-state index contributed by atoms with van der Waals surface area (Å²) in [6, 6.07) is 11.2. The molecule has 0 saturated carbocycles. The second-order valence-corrected chi connectivity index (χ2v) is 5.17. The Bertz CT molecular complexity index is 552. The van der Waals surface area contributed by atoms with Crippen LogP contribution in [0.2, 0.25) is 0 Å². The minimum atomic E-state index is -0.204. The quantitative estimate of drug-likeness (QED) is 0.815. The highest BCUT2D eigenvalue weighted by Crippen LogP contribution is 2.13. The molecule has 1 aromatic carbocycles. The van der Waals surface area contributed by atoms with Crippen molar-refractivity contribution in [3.05, 3.63) is 51.9 Å². The summed E-state index contributed by atoms with van der Waals surface area (Å²) in [7, 11) is 0. The Balaban J connectivity index is 2.05. The SMILES string of the molecule is CCNc1ccc(C(=O)Nc2ccc(I)cc2)nc1. The monoisotopic (exact) mass is 367 g/mol. The molecule has 0 saturated heterocycles. The van der Waals surface area contributed by atoms with Crippen molar-refractivity contribution in [1.82, 2.24) is 4.98 Å². The molecule has 0 aliphatic rings. The standard InChI is InChI=1S/C14H14IN3O/c1-2-16-12-7-8-13(17-9-12)14(19)18-11-5-3-10(15)4-6-11/h3-9,16H,2H2,1H3,(H,18,19). The topological polar surface area (TPSA) is 54.0 Å². The first-order chi connectivity index (χ1) is 9.19. The first-order valence-corrected chi connectivity index (χ1v) is 7.04. The van der Waals surface area contributed by atoms with E-state index in [9.17, 15) is 4.79 Å². The molecule has 2 rings (SSSR count). The first-order valence-electron chi connectivity index (χ1n) is 5.96. The number of hydrogen-bond acceptors (Lipinski definition) is 3. The van der Waals surface area contributed by atoms with Crippen molar-refractivity contribution in [3.63, 3.8) is 0 Å². The molecule has 98 valence electrons. The number of halogens is 1. The number of anilines is 2. The lowest BCUT2D eigenvalue weighted by Crippen LogP contribution is -2.13. The molecule has 0 aliphatic heterocycles. The maximum absolute atomic E-state index is 12.0. The molecule has 0 unspecified atom stereocenters. The Kier molecular flexibility index (Phi) is 4.73. The smallest absolute Gasteiger partial charge is 0.274 e. The maximum Gasteiger partial charge on any atom is 0.274 e. The molecule has 0 aliphatic carbocycles. The van der Waals surface area contributed by atoms with E-state index in [4.69, 9.17) is 0 Å². The largest absolute Gasteiger partial charge is 0.384 e. The average molecular weight is 367 g/mol. The Morgan fingerprint density at radius 1 is 1.16 bits per heavy atom. The number of nitrogens with one attached hydrogen (secondary N) is 2. The highest BCUT2D eigenvalue weighted by molar-refractivity contribution is 14.1. The van der Waals surface area contributed by atoms with E-state index in [1.165, 1.54) is 0 Å². The molecule has 4 nitrogen and oxygen atoms in total. The maximum atomic E-state index is 12.0. The van der Waals surface area contributed by atoms with Gasteiger partial charge in [-0.25, -0.2) is 4.98 Å². The molecule has 1 heterocycles. The second-order valence-electron chi connectivity index (χ2n) is 3.92. The van der Waals surface area contributed by atoms with Crippen molar-refractivity contribution in [3.8, 4) is 0 Å². The number of aromatic nitrogens is 1. The van der Waals surface area contributed by atoms with Gasteiger partial charge < -0.3 is 10.6 Å². The van der Waals surface area contributed by atoms with Crippen molar-refractivity contribution in [2.75, 3.05) is 17.2 Å². The number of hydrogen-bond donors (Lipinski definition) is 2. The van der Waals surface area contributed by atoms with E-state index in [0.717, 1.165) is 21.5 Å². The van der Waals surface area contributed by atoms with Gasteiger partial charge in [-0.2, -0.15) is 0 Å². The molecule has 5 heteroatoms. The number of amides is 1. The molecule has 0 bridgehead atoms. The summed E-state index contributed by atoms with van der Waals surface area (Å²) in [5.74, 6) is -0.204. The van der Waals surface area contributed by atoms with Crippen LogP contribution in [-0.2, 0) is 0 Å². The Morgan fingerprint density at radius 2 is 1.84 bits per heavy atom. The minimum Gasteiger partial charge on any atom is -0.384 e. The predicted molar refractivity (Wildman–Crippen MR) is 85.5 cm³/mol. The van der Waals surface area contributed by atoms with Crippen LogP contribution < -0.4 is 10.6 Å². The summed E-state index contributed by atoms with van der Waals surface area (Å²) in [5.41, 5.74) is 2.08. The number of carbonyl (C=O) groups is 1. The molecule has 0 radical (unpaired) electrons. The van der Waals surface area contributed by atoms with E-state index in [1.807, 2.05) is 37.3 Å². The lowest BCUT2D eigenvalue weighted by Gasteiger charge is -2.06. The van der Waals surface area contributed by atoms with Crippen molar-refractivity contribution in [2.45, 2.75) is 6.92 Å². The second kappa shape index (κ2) is 6.51. The van der Waals surface area contributed by atoms with Crippen LogP contribution in [0.25, 0.3) is 0 Å².